The predicted octanol–water partition coefficient (Wildman–Crippen LogP) is 3.44. The average molecular weight is 443 g/mol. The number of fused-ring (bicyclic) bond motifs is 1. The topological polar surface area (TPSA) is 59.1 Å². The minimum Gasteiger partial charge on any atom is -0.347 e. The van der Waals surface area contributed by atoms with E-state index in [9.17, 15) is 14.0 Å². The van der Waals surface area contributed by atoms with Crippen molar-refractivity contribution in [3.05, 3.63) is 59.4 Å². The van der Waals surface area contributed by atoms with Crippen molar-refractivity contribution in [2.45, 2.75) is 30.1 Å². The van der Waals surface area contributed by atoms with E-state index >= 15 is 0 Å². The van der Waals surface area contributed by atoms with Crippen LogP contribution in [0, 0.1) is 5.82 Å². The molecule has 2 saturated heterocycles. The van der Waals surface area contributed by atoms with Crippen LogP contribution in [0.15, 0.2) is 47.4 Å². The lowest BCUT2D eigenvalue weighted by Gasteiger charge is -2.37. The maximum atomic E-state index is 14.2. The van der Waals surface area contributed by atoms with Gasteiger partial charge in [0.15, 0.2) is 5.79 Å². The zero-order valence-corrected chi connectivity index (χ0v) is 17.8. The molecule has 0 atom stereocenters. The second-order valence-electron chi connectivity index (χ2n) is 7.94. The van der Waals surface area contributed by atoms with Gasteiger partial charge in [0.25, 0.3) is 5.91 Å². The van der Waals surface area contributed by atoms with Gasteiger partial charge in [-0.15, -0.1) is 11.8 Å². The fourth-order valence-corrected chi connectivity index (χ4v) is 5.24. The van der Waals surface area contributed by atoms with Crippen molar-refractivity contribution in [1.82, 2.24) is 4.90 Å². The summed E-state index contributed by atoms with van der Waals surface area (Å²) in [4.78, 5) is 30.1. The number of amides is 2. The molecule has 2 fully saturated rings. The molecule has 0 N–H and O–H groups in total. The highest BCUT2D eigenvalue weighted by molar-refractivity contribution is 8.00. The zero-order chi connectivity index (χ0) is 21.4. The van der Waals surface area contributed by atoms with Crippen LogP contribution in [-0.4, -0.2) is 54.6 Å². The third-order valence-corrected chi connectivity index (χ3v) is 7.11. The molecule has 3 aliphatic rings. The number of thioether (sulfide) groups is 1. The molecule has 0 radical (unpaired) electrons. The summed E-state index contributed by atoms with van der Waals surface area (Å²) in [5, 5.41) is 0. The molecule has 2 amide bonds. The summed E-state index contributed by atoms with van der Waals surface area (Å²) in [5.74, 6) is -0.763. The van der Waals surface area contributed by atoms with Crippen LogP contribution in [0.5, 0.6) is 0 Å². The molecule has 0 unspecified atom stereocenters. The highest BCUT2D eigenvalue weighted by Crippen LogP contribution is 2.38. The molecule has 0 aromatic heterocycles. The van der Waals surface area contributed by atoms with Crippen molar-refractivity contribution < 1.29 is 23.5 Å². The van der Waals surface area contributed by atoms with Gasteiger partial charge in [-0.3, -0.25) is 9.59 Å². The van der Waals surface area contributed by atoms with E-state index in [2.05, 4.69) is 0 Å². The Bertz CT molecular complexity index is 1010. The van der Waals surface area contributed by atoms with Gasteiger partial charge < -0.3 is 19.3 Å². The first-order valence-corrected chi connectivity index (χ1v) is 11.4. The molecule has 1 spiro atoms. The van der Waals surface area contributed by atoms with Crippen LogP contribution in [0.4, 0.5) is 10.1 Å². The van der Waals surface area contributed by atoms with Crippen LogP contribution < -0.4 is 4.90 Å². The van der Waals surface area contributed by atoms with E-state index in [0.717, 1.165) is 4.90 Å². The standard InChI is InChI=1S/C23H23FN2O4S/c24-18-4-2-1-3-17(18)14-26-19-13-16(5-6-20(19)31-15-21(26)27)22(28)25-9-7-23(8-10-25)29-11-12-30-23/h1-6,13H,7-12,14-15H2. The summed E-state index contributed by atoms with van der Waals surface area (Å²) in [6, 6.07) is 11.9. The number of carbonyl (C=O) groups excluding carboxylic acids is 2. The van der Waals surface area contributed by atoms with Crippen LogP contribution in [0.25, 0.3) is 0 Å². The molecule has 2 aromatic rings. The molecule has 2 aromatic carbocycles. The van der Waals surface area contributed by atoms with Crippen molar-refractivity contribution >= 4 is 29.3 Å². The fraction of sp³-hybridized carbons (Fsp3) is 0.391. The minimum atomic E-state index is -0.535. The summed E-state index contributed by atoms with van der Waals surface area (Å²) >= 11 is 1.44. The number of benzene rings is 2. The number of hydrogen-bond donors (Lipinski definition) is 0. The lowest BCUT2D eigenvalue weighted by atomic mass is 10.0. The van der Waals surface area contributed by atoms with Crippen LogP contribution in [0.2, 0.25) is 0 Å². The van der Waals surface area contributed by atoms with E-state index in [0.29, 0.717) is 61.7 Å². The first-order valence-electron chi connectivity index (χ1n) is 10.4. The van der Waals surface area contributed by atoms with E-state index < -0.39 is 5.79 Å². The van der Waals surface area contributed by atoms with Gasteiger partial charge in [-0.05, 0) is 24.3 Å². The first kappa shape index (κ1) is 20.5. The Hall–Kier alpha value is -2.42. The van der Waals surface area contributed by atoms with E-state index in [1.54, 1.807) is 40.1 Å². The molecule has 31 heavy (non-hydrogen) atoms. The van der Waals surface area contributed by atoms with Gasteiger partial charge in [0.2, 0.25) is 5.91 Å². The molecule has 3 heterocycles. The summed E-state index contributed by atoms with van der Waals surface area (Å²) < 4.78 is 25.7. The molecule has 0 bridgehead atoms. The number of piperidine rings is 1. The Balaban J connectivity index is 1.37. The number of hydrogen-bond acceptors (Lipinski definition) is 5. The lowest BCUT2D eigenvalue weighted by Crippen LogP contribution is -2.47. The normalized spacial score (nSPS) is 20.2. The van der Waals surface area contributed by atoms with Gasteiger partial charge in [-0.1, -0.05) is 18.2 Å². The Labute approximate surface area is 184 Å². The van der Waals surface area contributed by atoms with Crippen LogP contribution in [-0.2, 0) is 20.8 Å². The fourth-order valence-electron chi connectivity index (χ4n) is 4.32. The molecular weight excluding hydrogens is 419 g/mol. The van der Waals surface area contributed by atoms with Gasteiger partial charge in [0.1, 0.15) is 5.82 Å². The van der Waals surface area contributed by atoms with Crippen molar-refractivity contribution in [3.8, 4) is 0 Å². The molecule has 3 aliphatic heterocycles. The van der Waals surface area contributed by atoms with Gasteiger partial charge in [0.05, 0.1) is 31.2 Å². The summed E-state index contributed by atoms with van der Waals surface area (Å²) in [7, 11) is 0. The smallest absolute Gasteiger partial charge is 0.253 e. The number of nitrogens with zero attached hydrogens (tertiary/aromatic N) is 2. The van der Waals surface area contributed by atoms with Crippen LogP contribution >= 0.6 is 11.8 Å². The lowest BCUT2D eigenvalue weighted by molar-refractivity contribution is -0.181. The molecule has 0 aliphatic carbocycles. The third-order valence-electron chi connectivity index (χ3n) is 6.06. The highest BCUT2D eigenvalue weighted by Gasteiger charge is 2.41. The van der Waals surface area contributed by atoms with Gasteiger partial charge >= 0.3 is 0 Å². The number of carbonyl (C=O) groups is 2. The summed E-state index contributed by atoms with van der Waals surface area (Å²) in [5.41, 5.74) is 1.63. The average Bonchev–Trinajstić information content (AvgIpc) is 3.24. The zero-order valence-electron chi connectivity index (χ0n) is 17.0. The molecule has 6 nitrogen and oxygen atoms in total. The van der Waals surface area contributed by atoms with Crippen LogP contribution in [0.3, 0.4) is 0 Å². The number of anilines is 1. The number of halogens is 1. The molecule has 5 rings (SSSR count). The highest BCUT2D eigenvalue weighted by atomic mass is 32.2. The van der Waals surface area contributed by atoms with Gasteiger partial charge in [-0.2, -0.15) is 0 Å². The van der Waals surface area contributed by atoms with Crippen molar-refractivity contribution in [3.63, 3.8) is 0 Å². The number of rotatable bonds is 3. The minimum absolute atomic E-state index is 0.0792. The second kappa shape index (κ2) is 8.26. The van der Waals surface area contributed by atoms with Crippen LogP contribution in [0.1, 0.15) is 28.8 Å². The van der Waals surface area contributed by atoms with E-state index in [1.165, 1.54) is 17.8 Å². The van der Waals surface area contributed by atoms with Gasteiger partial charge in [-0.25, -0.2) is 4.39 Å². The Morgan fingerprint density at radius 2 is 1.84 bits per heavy atom. The Kier molecular flexibility index (Phi) is 5.45. The Morgan fingerprint density at radius 1 is 1.10 bits per heavy atom. The van der Waals surface area contributed by atoms with Crippen molar-refractivity contribution in [1.29, 1.82) is 0 Å². The largest absolute Gasteiger partial charge is 0.347 e. The number of likely N-dealkylation sites (tertiary alicyclic amines) is 1. The number of ether oxygens (including phenoxy) is 2. The SMILES string of the molecule is O=C(c1ccc2c(c1)N(Cc1ccccc1F)C(=O)CS2)N1CCC2(CC1)OCCO2. The Morgan fingerprint density at radius 3 is 2.58 bits per heavy atom. The molecule has 8 heteroatoms. The first-order chi connectivity index (χ1) is 15.0. The van der Waals surface area contributed by atoms with Gasteiger partial charge in [0, 0.05) is 42.0 Å². The van der Waals surface area contributed by atoms with Crippen molar-refractivity contribution in [2.75, 3.05) is 37.0 Å². The maximum Gasteiger partial charge on any atom is 0.253 e. The van der Waals surface area contributed by atoms with E-state index in [-0.39, 0.29) is 24.2 Å². The maximum absolute atomic E-state index is 14.2. The quantitative estimate of drug-likeness (QED) is 0.729. The monoisotopic (exact) mass is 442 g/mol. The summed E-state index contributed by atoms with van der Waals surface area (Å²) in [6.45, 7) is 2.45. The van der Waals surface area contributed by atoms with E-state index in [1.807, 2.05) is 6.07 Å². The molecule has 162 valence electrons. The molecule has 0 saturated carbocycles. The van der Waals surface area contributed by atoms with Crippen molar-refractivity contribution in [2.24, 2.45) is 0 Å². The van der Waals surface area contributed by atoms with E-state index in [4.69, 9.17) is 9.47 Å². The predicted molar refractivity (Wildman–Crippen MR) is 115 cm³/mol. The summed E-state index contributed by atoms with van der Waals surface area (Å²) in [6.07, 6.45) is 1.30. The second-order valence-corrected chi connectivity index (χ2v) is 8.96. The molecular formula is C23H23FN2O4S. The third kappa shape index (κ3) is 3.95.